The Bertz CT molecular complexity index is 1020. The van der Waals surface area contributed by atoms with Crippen molar-refractivity contribution < 1.29 is 25.6 Å². The lowest BCUT2D eigenvalue weighted by Gasteiger charge is -2.13. The van der Waals surface area contributed by atoms with Gasteiger partial charge >= 0.3 is 0 Å². The number of benzene rings is 2. The van der Waals surface area contributed by atoms with Crippen LogP contribution in [-0.2, 0) is 32.3 Å². The second-order valence-corrected chi connectivity index (χ2v) is 9.72. The summed E-state index contributed by atoms with van der Waals surface area (Å²) < 4.78 is 79.8. The van der Waals surface area contributed by atoms with E-state index in [4.69, 9.17) is 0 Å². The molecule has 27 heavy (non-hydrogen) atoms. The summed E-state index contributed by atoms with van der Waals surface area (Å²) in [6, 6.07) is 8.45. The minimum atomic E-state index is -4.10. The molecule has 0 unspecified atom stereocenters. The van der Waals surface area contributed by atoms with Gasteiger partial charge in [0.25, 0.3) is 0 Å². The average Bonchev–Trinajstić information content (AvgIpc) is 2.55. The first kappa shape index (κ1) is 21.4. The van der Waals surface area contributed by atoms with Crippen LogP contribution in [0.5, 0.6) is 0 Å². The Morgan fingerprint density at radius 1 is 0.926 bits per heavy atom. The van der Waals surface area contributed by atoms with Crippen molar-refractivity contribution in [3.05, 3.63) is 65.2 Å². The van der Waals surface area contributed by atoms with Gasteiger partial charge in [0.2, 0.25) is 20.0 Å². The molecule has 6 nitrogen and oxygen atoms in total. The molecular weight excluding hydrogens is 398 g/mol. The molecule has 0 fully saturated rings. The minimum Gasteiger partial charge on any atom is -0.212 e. The van der Waals surface area contributed by atoms with Crippen LogP contribution in [0.2, 0.25) is 0 Å². The molecule has 0 saturated carbocycles. The van der Waals surface area contributed by atoms with Crippen molar-refractivity contribution in [2.45, 2.75) is 37.1 Å². The summed E-state index contributed by atoms with van der Waals surface area (Å²) in [5.74, 6) is -2.74. The van der Waals surface area contributed by atoms with E-state index in [9.17, 15) is 25.6 Å². The molecule has 0 bridgehead atoms. The molecule has 2 N–H and O–H groups in total. The summed E-state index contributed by atoms with van der Waals surface area (Å²) >= 11 is 0. The fourth-order valence-corrected chi connectivity index (χ4v) is 4.89. The summed E-state index contributed by atoms with van der Waals surface area (Å²) in [6.45, 7) is 3.19. The number of nitrogens with one attached hydrogen (secondary N) is 2. The lowest BCUT2D eigenvalue weighted by atomic mass is 10.1. The van der Waals surface area contributed by atoms with Crippen molar-refractivity contribution in [2.75, 3.05) is 0 Å². The first-order chi connectivity index (χ1) is 12.5. The van der Waals surface area contributed by atoms with Crippen LogP contribution in [0, 0.1) is 11.6 Å². The summed E-state index contributed by atoms with van der Waals surface area (Å²) in [6.07, 6.45) is 0. The highest BCUT2D eigenvalue weighted by Crippen LogP contribution is 2.16. The van der Waals surface area contributed by atoms with Gasteiger partial charge in [-0.3, -0.25) is 0 Å². The maximum atomic E-state index is 13.3. The van der Waals surface area contributed by atoms with Crippen LogP contribution in [0.1, 0.15) is 25.0 Å². The van der Waals surface area contributed by atoms with Crippen molar-refractivity contribution in [3.63, 3.8) is 0 Å². The third kappa shape index (κ3) is 6.06. The molecule has 148 valence electrons. The normalized spacial score (nSPS) is 12.5. The van der Waals surface area contributed by atoms with Crippen LogP contribution >= 0.6 is 0 Å². The van der Waals surface area contributed by atoms with Gasteiger partial charge in [-0.1, -0.05) is 24.3 Å². The predicted molar refractivity (Wildman–Crippen MR) is 97.7 cm³/mol. The molecule has 2 rings (SSSR count). The van der Waals surface area contributed by atoms with E-state index in [0.29, 0.717) is 17.2 Å². The van der Waals surface area contributed by atoms with Crippen molar-refractivity contribution in [1.82, 2.24) is 9.44 Å². The molecule has 0 aliphatic carbocycles. The molecule has 0 spiro atoms. The monoisotopic (exact) mass is 418 g/mol. The standard InChI is InChI=1S/C17H20F2N2O4S2/c1-12(2)21-26(22,23)11-14-6-4-3-5-13(14)10-20-27(24,25)15-7-8-16(18)17(19)9-15/h3-9,12,20-21H,10-11H2,1-2H3. The van der Waals surface area contributed by atoms with E-state index in [2.05, 4.69) is 9.44 Å². The molecule has 0 aliphatic rings. The zero-order chi connectivity index (χ0) is 20.2. The molecule has 0 saturated heterocycles. The van der Waals surface area contributed by atoms with E-state index in [1.54, 1.807) is 38.1 Å². The van der Waals surface area contributed by atoms with Crippen LogP contribution in [0.3, 0.4) is 0 Å². The van der Waals surface area contributed by atoms with Crippen molar-refractivity contribution in [1.29, 1.82) is 0 Å². The van der Waals surface area contributed by atoms with E-state index in [-0.39, 0.29) is 18.3 Å². The number of rotatable bonds is 8. The Kier molecular flexibility index (Phi) is 6.68. The molecule has 0 heterocycles. The van der Waals surface area contributed by atoms with Gasteiger partial charge in [0, 0.05) is 12.6 Å². The van der Waals surface area contributed by atoms with Crippen LogP contribution in [0.25, 0.3) is 0 Å². The number of hydrogen-bond donors (Lipinski definition) is 2. The summed E-state index contributed by atoms with van der Waals surface area (Å²) in [5, 5.41) is 0. The maximum Gasteiger partial charge on any atom is 0.240 e. The fraction of sp³-hybridized carbons (Fsp3) is 0.294. The molecular formula is C17H20F2N2O4S2. The number of halogens is 2. The van der Waals surface area contributed by atoms with E-state index < -0.39 is 36.6 Å². The van der Waals surface area contributed by atoms with Crippen LogP contribution in [0.15, 0.2) is 47.4 Å². The summed E-state index contributed by atoms with van der Waals surface area (Å²) in [5.41, 5.74) is 0.886. The van der Waals surface area contributed by atoms with Gasteiger partial charge < -0.3 is 0 Å². The van der Waals surface area contributed by atoms with E-state index in [1.165, 1.54) is 0 Å². The minimum absolute atomic E-state index is 0.200. The first-order valence-electron chi connectivity index (χ1n) is 8.02. The SMILES string of the molecule is CC(C)NS(=O)(=O)Cc1ccccc1CNS(=O)(=O)c1ccc(F)c(F)c1. The lowest BCUT2D eigenvalue weighted by Crippen LogP contribution is -2.32. The Labute approximate surface area is 157 Å². The van der Waals surface area contributed by atoms with Gasteiger partial charge in [-0.25, -0.2) is 35.1 Å². The van der Waals surface area contributed by atoms with Crippen LogP contribution in [0.4, 0.5) is 8.78 Å². The van der Waals surface area contributed by atoms with Crippen molar-refractivity contribution >= 4 is 20.0 Å². The van der Waals surface area contributed by atoms with Gasteiger partial charge in [-0.15, -0.1) is 0 Å². The first-order valence-corrected chi connectivity index (χ1v) is 11.2. The second kappa shape index (κ2) is 8.42. The smallest absolute Gasteiger partial charge is 0.212 e. The third-order valence-corrected chi connectivity index (χ3v) is 6.45. The molecule has 2 aromatic carbocycles. The molecule has 0 aromatic heterocycles. The van der Waals surface area contributed by atoms with E-state index >= 15 is 0 Å². The molecule has 2 aromatic rings. The Balaban J connectivity index is 2.20. The largest absolute Gasteiger partial charge is 0.240 e. The highest BCUT2D eigenvalue weighted by Gasteiger charge is 2.19. The molecule has 10 heteroatoms. The van der Waals surface area contributed by atoms with Crippen LogP contribution < -0.4 is 9.44 Å². The van der Waals surface area contributed by atoms with E-state index in [0.717, 1.165) is 12.1 Å². The molecule has 0 aliphatic heterocycles. The zero-order valence-electron chi connectivity index (χ0n) is 14.7. The van der Waals surface area contributed by atoms with E-state index in [1.807, 2.05) is 0 Å². The number of hydrogen-bond acceptors (Lipinski definition) is 4. The highest BCUT2D eigenvalue weighted by molar-refractivity contribution is 7.89. The van der Waals surface area contributed by atoms with Crippen LogP contribution in [-0.4, -0.2) is 22.9 Å². The molecule has 0 amide bonds. The molecule has 0 radical (unpaired) electrons. The highest BCUT2D eigenvalue weighted by atomic mass is 32.2. The Morgan fingerprint density at radius 2 is 1.56 bits per heavy atom. The zero-order valence-corrected chi connectivity index (χ0v) is 16.4. The van der Waals surface area contributed by atoms with Gasteiger partial charge in [0.1, 0.15) is 0 Å². The van der Waals surface area contributed by atoms with Crippen molar-refractivity contribution in [2.24, 2.45) is 0 Å². The second-order valence-electron chi connectivity index (χ2n) is 6.20. The van der Waals surface area contributed by atoms with Gasteiger partial charge in [-0.05, 0) is 43.2 Å². The quantitative estimate of drug-likeness (QED) is 0.688. The number of sulfonamides is 2. The van der Waals surface area contributed by atoms with Gasteiger partial charge in [0.15, 0.2) is 11.6 Å². The molecule has 0 atom stereocenters. The average molecular weight is 418 g/mol. The van der Waals surface area contributed by atoms with Gasteiger partial charge in [-0.2, -0.15) is 0 Å². The van der Waals surface area contributed by atoms with Crippen molar-refractivity contribution in [3.8, 4) is 0 Å². The maximum absolute atomic E-state index is 13.3. The Hall–Kier alpha value is -1.88. The predicted octanol–water partition coefficient (Wildman–Crippen LogP) is 2.27. The topological polar surface area (TPSA) is 92.3 Å². The summed E-state index contributed by atoms with van der Waals surface area (Å²) in [4.78, 5) is -0.423. The fourth-order valence-electron chi connectivity index (χ4n) is 2.38. The summed E-state index contributed by atoms with van der Waals surface area (Å²) in [7, 11) is -7.69. The lowest BCUT2D eigenvalue weighted by molar-refractivity contribution is 0.504. The third-order valence-electron chi connectivity index (χ3n) is 3.53. The van der Waals surface area contributed by atoms with Gasteiger partial charge in [0.05, 0.1) is 10.6 Å². The Morgan fingerprint density at radius 3 is 2.15 bits per heavy atom.